The Morgan fingerprint density at radius 3 is 2.60 bits per heavy atom. The lowest BCUT2D eigenvalue weighted by Gasteiger charge is -2.18. The molecule has 0 aromatic rings. The van der Waals surface area contributed by atoms with Crippen LogP contribution in [0.25, 0.3) is 0 Å². The van der Waals surface area contributed by atoms with Gasteiger partial charge in [-0.15, -0.1) is 0 Å². The Labute approximate surface area is 90.0 Å². The summed E-state index contributed by atoms with van der Waals surface area (Å²) in [5.74, 6) is -0.183. The van der Waals surface area contributed by atoms with E-state index in [4.69, 9.17) is 5.73 Å². The first-order valence-electron chi connectivity index (χ1n) is 5.24. The van der Waals surface area contributed by atoms with Gasteiger partial charge in [0.2, 0.25) is 11.8 Å². The molecule has 0 saturated carbocycles. The molecule has 1 fully saturated rings. The molecule has 5 heteroatoms. The van der Waals surface area contributed by atoms with Crippen molar-refractivity contribution >= 4 is 11.8 Å². The van der Waals surface area contributed by atoms with Gasteiger partial charge < -0.3 is 16.0 Å². The number of rotatable bonds is 3. The molecule has 0 aromatic heterocycles. The average molecular weight is 213 g/mol. The van der Waals surface area contributed by atoms with Crippen molar-refractivity contribution in [2.24, 2.45) is 11.7 Å². The smallest absolute Gasteiger partial charge is 0.244 e. The zero-order valence-electron chi connectivity index (χ0n) is 9.49. The fourth-order valence-corrected chi connectivity index (χ4v) is 1.53. The minimum absolute atomic E-state index is 0.0284. The Morgan fingerprint density at radius 1 is 1.60 bits per heavy atom. The minimum Gasteiger partial charge on any atom is -0.344 e. The second-order valence-corrected chi connectivity index (χ2v) is 4.38. The Morgan fingerprint density at radius 2 is 2.20 bits per heavy atom. The van der Waals surface area contributed by atoms with E-state index in [1.807, 2.05) is 13.8 Å². The van der Waals surface area contributed by atoms with Crippen molar-refractivity contribution in [3.63, 3.8) is 0 Å². The van der Waals surface area contributed by atoms with Gasteiger partial charge in [0, 0.05) is 13.6 Å². The third-order valence-corrected chi connectivity index (χ3v) is 2.76. The molecular formula is C10H19N3O2. The van der Waals surface area contributed by atoms with Crippen molar-refractivity contribution in [3.8, 4) is 0 Å². The molecule has 5 nitrogen and oxygen atoms in total. The number of hydrogen-bond acceptors (Lipinski definition) is 3. The van der Waals surface area contributed by atoms with E-state index in [1.54, 1.807) is 11.9 Å². The highest BCUT2D eigenvalue weighted by atomic mass is 16.2. The molecular weight excluding hydrogens is 194 g/mol. The van der Waals surface area contributed by atoms with Gasteiger partial charge in [-0.1, -0.05) is 13.8 Å². The van der Waals surface area contributed by atoms with Crippen LogP contribution in [-0.2, 0) is 9.59 Å². The molecule has 2 amide bonds. The van der Waals surface area contributed by atoms with E-state index in [2.05, 4.69) is 5.32 Å². The summed E-state index contributed by atoms with van der Waals surface area (Å²) >= 11 is 0. The number of amides is 2. The molecule has 1 aliphatic rings. The Kier molecular flexibility index (Phi) is 3.68. The molecule has 15 heavy (non-hydrogen) atoms. The van der Waals surface area contributed by atoms with Crippen molar-refractivity contribution in [1.82, 2.24) is 10.2 Å². The molecule has 1 heterocycles. The van der Waals surface area contributed by atoms with Crippen LogP contribution in [0.1, 0.15) is 20.3 Å². The van der Waals surface area contributed by atoms with E-state index < -0.39 is 6.04 Å². The fraction of sp³-hybridized carbons (Fsp3) is 0.800. The van der Waals surface area contributed by atoms with E-state index in [-0.39, 0.29) is 23.8 Å². The zero-order chi connectivity index (χ0) is 11.6. The highest BCUT2D eigenvalue weighted by molar-refractivity contribution is 5.90. The topological polar surface area (TPSA) is 75.4 Å². The van der Waals surface area contributed by atoms with Gasteiger partial charge >= 0.3 is 0 Å². The first-order valence-corrected chi connectivity index (χ1v) is 5.24. The molecule has 1 rings (SSSR count). The zero-order valence-corrected chi connectivity index (χ0v) is 9.49. The molecule has 1 aliphatic heterocycles. The highest BCUT2D eigenvalue weighted by Crippen LogP contribution is 2.09. The number of nitrogens with two attached hydrogens (primary N) is 1. The second kappa shape index (κ2) is 4.61. The summed E-state index contributed by atoms with van der Waals surface area (Å²) in [6.45, 7) is 4.46. The van der Waals surface area contributed by atoms with Crippen LogP contribution < -0.4 is 11.1 Å². The lowest BCUT2D eigenvalue weighted by molar-refractivity contribution is -0.132. The van der Waals surface area contributed by atoms with Crippen molar-refractivity contribution in [1.29, 1.82) is 0 Å². The van der Waals surface area contributed by atoms with Gasteiger partial charge in [-0.2, -0.15) is 0 Å². The third-order valence-electron chi connectivity index (χ3n) is 2.76. The van der Waals surface area contributed by atoms with Gasteiger partial charge in [0.1, 0.15) is 6.04 Å². The second-order valence-electron chi connectivity index (χ2n) is 4.38. The van der Waals surface area contributed by atoms with Crippen LogP contribution in [0.4, 0.5) is 0 Å². The number of likely N-dealkylation sites (tertiary alicyclic amines) is 1. The summed E-state index contributed by atoms with van der Waals surface area (Å²) in [7, 11) is 1.73. The highest BCUT2D eigenvalue weighted by Gasteiger charge is 2.31. The predicted octanol–water partition coefficient (Wildman–Crippen LogP) is -0.683. The summed E-state index contributed by atoms with van der Waals surface area (Å²) in [6, 6.07) is -0.920. The summed E-state index contributed by atoms with van der Waals surface area (Å²) in [4.78, 5) is 24.7. The Bertz CT molecular complexity index is 265. The number of nitrogens with zero attached hydrogens (tertiary/aromatic N) is 1. The SMILES string of the molecule is CC(C)C(N)C(=O)NC1CCN(C)C1=O. The lowest BCUT2D eigenvalue weighted by Crippen LogP contribution is -2.49. The predicted molar refractivity (Wildman–Crippen MR) is 57.0 cm³/mol. The summed E-state index contributed by atoms with van der Waals surface area (Å²) in [5, 5.41) is 2.68. The van der Waals surface area contributed by atoms with Crippen LogP contribution in [0.2, 0.25) is 0 Å². The lowest BCUT2D eigenvalue weighted by atomic mass is 10.0. The van der Waals surface area contributed by atoms with Crippen LogP contribution in [0, 0.1) is 5.92 Å². The van der Waals surface area contributed by atoms with Gasteiger partial charge in [0.05, 0.1) is 6.04 Å². The number of carbonyl (C=O) groups excluding carboxylic acids is 2. The van der Waals surface area contributed by atoms with Crippen molar-refractivity contribution < 1.29 is 9.59 Å². The Hall–Kier alpha value is -1.10. The van der Waals surface area contributed by atoms with Gasteiger partial charge in [-0.25, -0.2) is 0 Å². The molecule has 2 atom stereocenters. The van der Waals surface area contributed by atoms with Crippen LogP contribution in [-0.4, -0.2) is 42.4 Å². The Balaban J connectivity index is 2.49. The molecule has 0 spiro atoms. The normalized spacial score (nSPS) is 23.4. The third kappa shape index (κ3) is 2.68. The first kappa shape index (κ1) is 12.0. The molecule has 86 valence electrons. The molecule has 3 N–H and O–H groups in total. The van der Waals surface area contributed by atoms with Gasteiger partial charge in [-0.3, -0.25) is 9.59 Å². The maximum Gasteiger partial charge on any atom is 0.244 e. The van der Waals surface area contributed by atoms with E-state index in [9.17, 15) is 9.59 Å². The maximum atomic E-state index is 11.6. The monoisotopic (exact) mass is 213 g/mol. The largest absolute Gasteiger partial charge is 0.344 e. The van der Waals surface area contributed by atoms with E-state index in [1.165, 1.54) is 0 Å². The van der Waals surface area contributed by atoms with Crippen LogP contribution >= 0.6 is 0 Å². The molecule has 2 unspecified atom stereocenters. The van der Waals surface area contributed by atoms with Crippen LogP contribution in [0.5, 0.6) is 0 Å². The molecule has 1 saturated heterocycles. The van der Waals surface area contributed by atoms with Crippen LogP contribution in [0.3, 0.4) is 0 Å². The van der Waals surface area contributed by atoms with Crippen molar-refractivity contribution in [2.75, 3.05) is 13.6 Å². The van der Waals surface area contributed by atoms with Gasteiger partial charge in [0.25, 0.3) is 0 Å². The summed E-state index contributed by atoms with van der Waals surface area (Å²) in [6.07, 6.45) is 0.673. The van der Waals surface area contributed by atoms with E-state index >= 15 is 0 Å². The standard InChI is InChI=1S/C10H19N3O2/c1-6(2)8(11)9(14)12-7-4-5-13(3)10(7)15/h6-8H,4-5,11H2,1-3H3,(H,12,14). The molecule has 0 bridgehead atoms. The van der Waals surface area contributed by atoms with E-state index in [0.29, 0.717) is 13.0 Å². The number of carbonyl (C=O) groups is 2. The van der Waals surface area contributed by atoms with Crippen LogP contribution in [0.15, 0.2) is 0 Å². The summed E-state index contributed by atoms with van der Waals surface area (Å²) < 4.78 is 0. The van der Waals surface area contributed by atoms with Crippen molar-refractivity contribution in [3.05, 3.63) is 0 Å². The first-order chi connectivity index (χ1) is 6.93. The molecule has 0 aromatic carbocycles. The average Bonchev–Trinajstić information content (AvgIpc) is 2.48. The maximum absolute atomic E-state index is 11.6. The number of nitrogens with one attached hydrogen (secondary N) is 1. The number of likely N-dealkylation sites (N-methyl/N-ethyl adjacent to an activating group) is 1. The summed E-state index contributed by atoms with van der Waals surface area (Å²) in [5.41, 5.74) is 5.68. The quantitative estimate of drug-likeness (QED) is 0.652. The fourth-order valence-electron chi connectivity index (χ4n) is 1.53. The molecule has 0 aliphatic carbocycles. The van der Waals surface area contributed by atoms with Gasteiger partial charge in [0.15, 0.2) is 0 Å². The minimum atomic E-state index is -0.538. The molecule has 0 radical (unpaired) electrons. The van der Waals surface area contributed by atoms with Crippen molar-refractivity contribution in [2.45, 2.75) is 32.4 Å². The number of hydrogen-bond donors (Lipinski definition) is 2. The van der Waals surface area contributed by atoms with Gasteiger partial charge in [-0.05, 0) is 12.3 Å². The van der Waals surface area contributed by atoms with E-state index in [0.717, 1.165) is 0 Å².